The molecule has 2 aromatic carbocycles. The molecule has 4 rings (SSSR count). The molecule has 268 valence electrons. The summed E-state index contributed by atoms with van der Waals surface area (Å²) in [6.07, 6.45) is -4.82. The summed E-state index contributed by atoms with van der Waals surface area (Å²) in [5, 5.41) is 2.54. The van der Waals surface area contributed by atoms with Gasteiger partial charge in [0.2, 0.25) is 0 Å². The zero-order chi connectivity index (χ0) is 36.4. The third-order valence-corrected chi connectivity index (χ3v) is 8.87. The first kappa shape index (κ1) is 37.9. The van der Waals surface area contributed by atoms with E-state index in [-0.39, 0.29) is 24.9 Å². The molecular formula is C35H39NO13S. The van der Waals surface area contributed by atoms with Gasteiger partial charge in [0.15, 0.2) is 18.3 Å². The number of rotatable bonds is 14. The van der Waals surface area contributed by atoms with E-state index in [9.17, 15) is 28.8 Å². The summed E-state index contributed by atoms with van der Waals surface area (Å²) in [4.78, 5) is 74.3. The number of nitrogens with one attached hydrogen (secondary N) is 1. The predicted octanol–water partition coefficient (Wildman–Crippen LogP) is 3.44. The highest BCUT2D eigenvalue weighted by Gasteiger charge is 2.52. The van der Waals surface area contributed by atoms with Crippen LogP contribution in [0.3, 0.4) is 0 Å². The molecule has 6 atom stereocenters. The Hall–Kier alpha value is -4.89. The number of thioether (sulfide) groups is 1. The number of amides is 1. The molecule has 15 heteroatoms. The van der Waals surface area contributed by atoms with E-state index in [4.69, 9.17) is 33.2 Å². The van der Waals surface area contributed by atoms with Gasteiger partial charge in [0.1, 0.15) is 37.4 Å². The number of esters is 5. The van der Waals surface area contributed by atoms with E-state index in [1.807, 2.05) is 48.5 Å². The molecule has 0 radical (unpaired) electrons. The van der Waals surface area contributed by atoms with Crippen molar-refractivity contribution in [3.63, 3.8) is 0 Å². The van der Waals surface area contributed by atoms with E-state index in [0.717, 1.165) is 61.7 Å². The van der Waals surface area contributed by atoms with Crippen LogP contribution in [0.5, 0.6) is 0 Å². The van der Waals surface area contributed by atoms with Crippen LogP contribution < -0.4 is 5.32 Å². The van der Waals surface area contributed by atoms with Crippen LogP contribution in [0.1, 0.15) is 44.7 Å². The molecule has 1 amide bonds. The first-order valence-electron chi connectivity index (χ1n) is 15.7. The molecule has 0 saturated carbocycles. The van der Waals surface area contributed by atoms with Crippen molar-refractivity contribution >= 4 is 47.7 Å². The van der Waals surface area contributed by atoms with Gasteiger partial charge in [-0.05, 0) is 22.3 Å². The second-order valence-corrected chi connectivity index (χ2v) is 12.5. The molecular weight excluding hydrogens is 674 g/mol. The number of hydrogen-bond acceptors (Lipinski definition) is 14. The third-order valence-electron chi connectivity index (χ3n) is 7.64. The standard InChI is InChI=1S/C35H39NO13S/c1-6-15-43-33(41)28(36-35(42)45-16-27-25-13-9-7-11-23(25)24-12-8-10-14-26(24)27)18-50-34-32(48-22(5)40)31(47-21(4)39)30(46-20(3)38)29(49-34)17-44-19(2)37/h6-14,27-32,34H,1,15-18H2,2-5H3,(H,36,42)/t28-,29+,30+,31-,32-,34-/m0/s1. The molecule has 1 heterocycles. The summed E-state index contributed by atoms with van der Waals surface area (Å²) in [7, 11) is 0. The quantitative estimate of drug-likeness (QED) is 0.171. The van der Waals surface area contributed by atoms with Gasteiger partial charge in [-0.1, -0.05) is 61.2 Å². The van der Waals surface area contributed by atoms with E-state index in [1.165, 1.54) is 6.08 Å². The van der Waals surface area contributed by atoms with E-state index in [1.54, 1.807) is 0 Å². The maximum atomic E-state index is 13.2. The predicted molar refractivity (Wildman–Crippen MR) is 178 cm³/mol. The Balaban J connectivity index is 1.53. The number of fused-ring (bicyclic) bond motifs is 3. The molecule has 1 fully saturated rings. The van der Waals surface area contributed by atoms with Crippen molar-refractivity contribution < 1.29 is 61.9 Å². The lowest BCUT2D eigenvalue weighted by Gasteiger charge is -2.44. The number of alkyl carbamates (subject to hydrolysis) is 1. The average Bonchev–Trinajstić information content (AvgIpc) is 3.38. The van der Waals surface area contributed by atoms with Crippen molar-refractivity contribution in [3.05, 3.63) is 72.3 Å². The van der Waals surface area contributed by atoms with Crippen LogP contribution in [-0.4, -0.2) is 97.4 Å². The Labute approximate surface area is 293 Å². The van der Waals surface area contributed by atoms with Crippen LogP contribution >= 0.6 is 11.8 Å². The van der Waals surface area contributed by atoms with Crippen molar-refractivity contribution in [2.75, 3.05) is 25.6 Å². The monoisotopic (exact) mass is 713 g/mol. The van der Waals surface area contributed by atoms with Gasteiger partial charge in [-0.2, -0.15) is 0 Å². The van der Waals surface area contributed by atoms with Gasteiger partial charge in [0, 0.05) is 39.4 Å². The van der Waals surface area contributed by atoms with Crippen molar-refractivity contribution in [1.29, 1.82) is 0 Å². The molecule has 0 aromatic heterocycles. The summed E-state index contributed by atoms with van der Waals surface area (Å²) < 4.78 is 38.4. The summed E-state index contributed by atoms with van der Waals surface area (Å²) in [5.41, 5.74) is 2.91. The van der Waals surface area contributed by atoms with Crippen LogP contribution in [0.2, 0.25) is 0 Å². The molecule has 0 bridgehead atoms. The minimum atomic E-state index is -1.40. The summed E-state index contributed by atoms with van der Waals surface area (Å²) >= 11 is 0.905. The molecule has 1 saturated heterocycles. The number of benzene rings is 2. The lowest BCUT2D eigenvalue weighted by Crippen LogP contribution is -2.61. The lowest BCUT2D eigenvalue weighted by molar-refractivity contribution is -0.237. The van der Waals surface area contributed by atoms with Crippen LogP contribution in [-0.2, 0) is 57.1 Å². The first-order valence-corrected chi connectivity index (χ1v) is 16.8. The maximum absolute atomic E-state index is 13.2. The molecule has 1 aliphatic heterocycles. The van der Waals surface area contributed by atoms with Gasteiger partial charge in [0.25, 0.3) is 0 Å². The fourth-order valence-electron chi connectivity index (χ4n) is 5.71. The number of ether oxygens (including phenoxy) is 7. The van der Waals surface area contributed by atoms with E-state index in [0.29, 0.717) is 0 Å². The lowest BCUT2D eigenvalue weighted by atomic mass is 9.98. The Kier molecular flexibility index (Phi) is 13.4. The Morgan fingerprint density at radius 1 is 0.760 bits per heavy atom. The second-order valence-electron chi connectivity index (χ2n) is 11.3. The molecule has 2 aliphatic rings. The Morgan fingerprint density at radius 3 is 1.88 bits per heavy atom. The molecule has 0 spiro atoms. The number of hydrogen-bond donors (Lipinski definition) is 1. The topological polar surface area (TPSA) is 179 Å². The molecule has 1 aliphatic carbocycles. The highest BCUT2D eigenvalue weighted by Crippen LogP contribution is 2.44. The van der Waals surface area contributed by atoms with Crippen LogP contribution in [0, 0.1) is 0 Å². The summed E-state index contributed by atoms with van der Waals surface area (Å²) in [6, 6.07) is 14.4. The highest BCUT2D eigenvalue weighted by molar-refractivity contribution is 7.99. The second kappa shape index (κ2) is 17.7. The van der Waals surface area contributed by atoms with Gasteiger partial charge in [-0.25, -0.2) is 9.59 Å². The van der Waals surface area contributed by atoms with Gasteiger partial charge >= 0.3 is 35.9 Å². The number of carbonyl (C=O) groups excluding carboxylic acids is 6. The first-order chi connectivity index (χ1) is 23.9. The fourth-order valence-corrected chi connectivity index (χ4v) is 6.93. The molecule has 2 aromatic rings. The minimum absolute atomic E-state index is 0.0128. The minimum Gasteiger partial charge on any atom is -0.463 e. The van der Waals surface area contributed by atoms with Gasteiger partial charge in [0.05, 0.1) is 0 Å². The molecule has 0 unspecified atom stereocenters. The number of carbonyl (C=O) groups is 6. The zero-order valence-electron chi connectivity index (χ0n) is 28.0. The Morgan fingerprint density at radius 2 is 1.32 bits per heavy atom. The smallest absolute Gasteiger partial charge is 0.407 e. The summed E-state index contributed by atoms with van der Waals surface area (Å²) in [5.74, 6) is -4.27. The fraction of sp³-hybridized carbons (Fsp3) is 0.429. The van der Waals surface area contributed by atoms with E-state index < -0.39 is 78.4 Å². The van der Waals surface area contributed by atoms with Crippen molar-refractivity contribution in [1.82, 2.24) is 5.32 Å². The van der Waals surface area contributed by atoms with Crippen molar-refractivity contribution in [2.24, 2.45) is 0 Å². The highest BCUT2D eigenvalue weighted by atomic mass is 32.2. The third kappa shape index (κ3) is 9.85. The van der Waals surface area contributed by atoms with Crippen LogP contribution in [0.15, 0.2) is 61.2 Å². The molecule has 50 heavy (non-hydrogen) atoms. The summed E-state index contributed by atoms with van der Waals surface area (Å²) in [6.45, 7) is 7.47. The maximum Gasteiger partial charge on any atom is 0.407 e. The van der Waals surface area contributed by atoms with E-state index in [2.05, 4.69) is 11.9 Å². The van der Waals surface area contributed by atoms with Crippen LogP contribution in [0.25, 0.3) is 11.1 Å². The van der Waals surface area contributed by atoms with Crippen molar-refractivity contribution in [3.8, 4) is 11.1 Å². The van der Waals surface area contributed by atoms with E-state index >= 15 is 0 Å². The normalized spacial score (nSPS) is 21.3. The average molecular weight is 714 g/mol. The largest absolute Gasteiger partial charge is 0.463 e. The van der Waals surface area contributed by atoms with Gasteiger partial charge < -0.3 is 38.5 Å². The van der Waals surface area contributed by atoms with Crippen LogP contribution in [0.4, 0.5) is 4.79 Å². The zero-order valence-corrected chi connectivity index (χ0v) is 28.8. The molecule has 1 N–H and O–H groups in total. The van der Waals surface area contributed by atoms with Gasteiger partial charge in [-0.15, -0.1) is 11.8 Å². The van der Waals surface area contributed by atoms with Gasteiger partial charge in [-0.3, -0.25) is 19.2 Å². The molecule has 14 nitrogen and oxygen atoms in total. The van der Waals surface area contributed by atoms with Crippen molar-refractivity contribution in [2.45, 2.75) is 69.5 Å². The Bertz CT molecular complexity index is 1550. The SMILES string of the molecule is C=CCOC(=O)[C@H](CS[C@@H]1O[C@H](COC(C)=O)[C@@H](OC(C)=O)[C@H](OC(C)=O)[C@@H]1OC(C)=O)NC(=O)OCC1c2ccccc2-c2ccccc21.